The first-order valence-electron chi connectivity index (χ1n) is 4.96. The third-order valence-corrected chi connectivity index (χ3v) is 3.26. The SMILES string of the molecule is NC(=O)CN1C2CCC1CC(N)C2. The lowest BCUT2D eigenvalue weighted by Crippen LogP contribution is -2.50. The molecule has 4 N–H and O–H groups in total. The zero-order valence-corrected chi connectivity index (χ0v) is 7.78. The highest BCUT2D eigenvalue weighted by Crippen LogP contribution is 2.34. The highest BCUT2D eigenvalue weighted by molar-refractivity contribution is 5.76. The van der Waals surface area contributed by atoms with Crippen LogP contribution in [0, 0.1) is 0 Å². The second-order valence-corrected chi connectivity index (χ2v) is 4.26. The number of fused-ring (bicyclic) bond motifs is 2. The third-order valence-electron chi connectivity index (χ3n) is 3.26. The van der Waals surface area contributed by atoms with Gasteiger partial charge in [-0.05, 0) is 25.7 Å². The van der Waals surface area contributed by atoms with E-state index < -0.39 is 0 Å². The van der Waals surface area contributed by atoms with Crippen LogP contribution in [0.15, 0.2) is 0 Å². The molecular formula is C9H17N3O. The number of primary amides is 1. The molecule has 2 bridgehead atoms. The van der Waals surface area contributed by atoms with Crippen LogP contribution in [0.25, 0.3) is 0 Å². The molecule has 0 aromatic heterocycles. The summed E-state index contributed by atoms with van der Waals surface area (Å²) in [4.78, 5) is 13.1. The van der Waals surface area contributed by atoms with Crippen molar-refractivity contribution in [1.82, 2.24) is 4.90 Å². The van der Waals surface area contributed by atoms with Gasteiger partial charge in [0.15, 0.2) is 0 Å². The number of hydrogen-bond acceptors (Lipinski definition) is 3. The molecular weight excluding hydrogens is 166 g/mol. The average Bonchev–Trinajstić information content (AvgIpc) is 2.32. The molecule has 0 radical (unpaired) electrons. The molecule has 2 aliphatic heterocycles. The smallest absolute Gasteiger partial charge is 0.231 e. The maximum Gasteiger partial charge on any atom is 0.231 e. The van der Waals surface area contributed by atoms with E-state index in [1.165, 1.54) is 12.8 Å². The van der Waals surface area contributed by atoms with E-state index in [4.69, 9.17) is 11.5 Å². The Morgan fingerprint density at radius 2 is 1.85 bits per heavy atom. The average molecular weight is 183 g/mol. The Hall–Kier alpha value is -0.610. The lowest BCUT2D eigenvalue weighted by molar-refractivity contribution is -0.120. The summed E-state index contributed by atoms with van der Waals surface area (Å²) in [6.45, 7) is 0.419. The van der Waals surface area contributed by atoms with Crippen LogP contribution in [0.1, 0.15) is 25.7 Å². The highest BCUT2D eigenvalue weighted by Gasteiger charge is 2.39. The van der Waals surface area contributed by atoms with Gasteiger partial charge in [-0.2, -0.15) is 0 Å². The first kappa shape index (κ1) is 8.97. The zero-order chi connectivity index (χ0) is 9.42. The van der Waals surface area contributed by atoms with Gasteiger partial charge in [0.25, 0.3) is 0 Å². The predicted octanol–water partition coefficient (Wildman–Crippen LogP) is -0.574. The molecule has 2 fully saturated rings. The second-order valence-electron chi connectivity index (χ2n) is 4.26. The number of nitrogens with zero attached hydrogens (tertiary/aromatic N) is 1. The number of rotatable bonds is 2. The number of hydrogen-bond donors (Lipinski definition) is 2. The van der Waals surface area contributed by atoms with Crippen LogP contribution in [-0.4, -0.2) is 35.5 Å². The number of piperidine rings is 1. The van der Waals surface area contributed by atoms with Crippen LogP contribution < -0.4 is 11.5 Å². The van der Waals surface area contributed by atoms with Gasteiger partial charge in [0.2, 0.25) is 5.91 Å². The molecule has 2 saturated heterocycles. The summed E-state index contributed by atoms with van der Waals surface area (Å²) in [5.74, 6) is -0.215. The molecule has 0 saturated carbocycles. The topological polar surface area (TPSA) is 72.4 Å². The van der Waals surface area contributed by atoms with Gasteiger partial charge in [-0.3, -0.25) is 9.69 Å². The number of amides is 1. The van der Waals surface area contributed by atoms with Gasteiger partial charge < -0.3 is 11.5 Å². The summed E-state index contributed by atoms with van der Waals surface area (Å²) < 4.78 is 0. The monoisotopic (exact) mass is 183 g/mol. The molecule has 74 valence electrons. The van der Waals surface area contributed by atoms with Crippen molar-refractivity contribution in [1.29, 1.82) is 0 Å². The van der Waals surface area contributed by atoms with Gasteiger partial charge in [0.05, 0.1) is 6.54 Å². The van der Waals surface area contributed by atoms with Gasteiger partial charge in [0, 0.05) is 18.1 Å². The van der Waals surface area contributed by atoms with E-state index >= 15 is 0 Å². The normalized spacial score (nSPS) is 39.3. The van der Waals surface area contributed by atoms with E-state index in [0.717, 1.165) is 12.8 Å². The number of nitrogens with two attached hydrogens (primary N) is 2. The summed E-state index contributed by atoms with van der Waals surface area (Å²) >= 11 is 0. The molecule has 2 atom stereocenters. The standard InChI is InChI=1S/C9H17N3O/c10-6-3-7-1-2-8(4-6)12(7)5-9(11)13/h6-8H,1-5,10H2,(H2,11,13). The molecule has 0 aliphatic carbocycles. The van der Waals surface area contributed by atoms with Crippen LogP contribution in [0.4, 0.5) is 0 Å². The third kappa shape index (κ3) is 1.69. The van der Waals surface area contributed by atoms with Crippen molar-refractivity contribution in [2.75, 3.05) is 6.54 Å². The summed E-state index contributed by atoms with van der Waals surface area (Å²) in [5, 5.41) is 0. The minimum absolute atomic E-state index is 0.215. The maximum atomic E-state index is 10.8. The van der Waals surface area contributed by atoms with Crippen LogP contribution in [-0.2, 0) is 4.79 Å². The molecule has 1 amide bonds. The van der Waals surface area contributed by atoms with Crippen LogP contribution in [0.5, 0.6) is 0 Å². The molecule has 2 aliphatic rings. The summed E-state index contributed by atoms with van der Waals surface area (Å²) in [5.41, 5.74) is 11.1. The van der Waals surface area contributed by atoms with Crippen molar-refractivity contribution < 1.29 is 4.79 Å². The lowest BCUT2D eigenvalue weighted by Gasteiger charge is -2.36. The summed E-state index contributed by atoms with van der Waals surface area (Å²) in [6, 6.07) is 1.36. The van der Waals surface area contributed by atoms with E-state index in [1.54, 1.807) is 0 Å². The first-order chi connectivity index (χ1) is 6.16. The van der Waals surface area contributed by atoms with E-state index in [1.807, 2.05) is 0 Å². The quantitative estimate of drug-likeness (QED) is 0.602. The lowest BCUT2D eigenvalue weighted by atomic mass is 9.98. The van der Waals surface area contributed by atoms with E-state index in [9.17, 15) is 4.79 Å². The fourth-order valence-corrected chi connectivity index (χ4v) is 2.75. The van der Waals surface area contributed by atoms with Gasteiger partial charge in [0.1, 0.15) is 0 Å². The van der Waals surface area contributed by atoms with Gasteiger partial charge in [-0.1, -0.05) is 0 Å². The Morgan fingerprint density at radius 3 is 2.31 bits per heavy atom. The molecule has 0 aromatic rings. The number of carbonyl (C=O) groups is 1. The van der Waals surface area contributed by atoms with Gasteiger partial charge >= 0.3 is 0 Å². The minimum Gasteiger partial charge on any atom is -0.369 e. The Bertz CT molecular complexity index is 205. The van der Waals surface area contributed by atoms with Gasteiger partial charge in [-0.15, -0.1) is 0 Å². The van der Waals surface area contributed by atoms with Crippen molar-refractivity contribution in [3.63, 3.8) is 0 Å². The highest BCUT2D eigenvalue weighted by atomic mass is 16.1. The Morgan fingerprint density at radius 1 is 1.31 bits per heavy atom. The molecule has 2 unspecified atom stereocenters. The predicted molar refractivity (Wildman–Crippen MR) is 49.9 cm³/mol. The summed E-state index contributed by atoms with van der Waals surface area (Å²) in [6.07, 6.45) is 4.44. The van der Waals surface area contributed by atoms with Crippen molar-refractivity contribution in [2.24, 2.45) is 11.5 Å². The fourth-order valence-electron chi connectivity index (χ4n) is 2.75. The second kappa shape index (κ2) is 3.27. The molecule has 0 spiro atoms. The minimum atomic E-state index is -0.215. The first-order valence-corrected chi connectivity index (χ1v) is 4.96. The van der Waals surface area contributed by atoms with E-state index in [0.29, 0.717) is 24.7 Å². The molecule has 4 heteroatoms. The van der Waals surface area contributed by atoms with Gasteiger partial charge in [-0.25, -0.2) is 0 Å². The Kier molecular flexibility index (Phi) is 2.26. The molecule has 0 aromatic carbocycles. The fraction of sp³-hybridized carbons (Fsp3) is 0.889. The largest absolute Gasteiger partial charge is 0.369 e. The summed E-state index contributed by atoms with van der Waals surface area (Å²) in [7, 11) is 0. The number of carbonyl (C=O) groups excluding carboxylic acids is 1. The zero-order valence-electron chi connectivity index (χ0n) is 7.78. The van der Waals surface area contributed by atoms with E-state index in [-0.39, 0.29) is 5.91 Å². The van der Waals surface area contributed by atoms with E-state index in [2.05, 4.69) is 4.90 Å². The molecule has 2 heterocycles. The van der Waals surface area contributed by atoms with Crippen molar-refractivity contribution in [2.45, 2.75) is 43.8 Å². The van der Waals surface area contributed by atoms with Crippen LogP contribution in [0.3, 0.4) is 0 Å². The Labute approximate surface area is 78.2 Å². The molecule has 4 nitrogen and oxygen atoms in total. The van der Waals surface area contributed by atoms with Crippen LogP contribution >= 0.6 is 0 Å². The maximum absolute atomic E-state index is 10.8. The van der Waals surface area contributed by atoms with Crippen molar-refractivity contribution in [3.8, 4) is 0 Å². The Balaban J connectivity index is 2.02. The van der Waals surface area contributed by atoms with Crippen molar-refractivity contribution >= 4 is 5.91 Å². The molecule has 2 rings (SSSR count). The molecule has 13 heavy (non-hydrogen) atoms. The van der Waals surface area contributed by atoms with Crippen molar-refractivity contribution in [3.05, 3.63) is 0 Å². The van der Waals surface area contributed by atoms with Crippen LogP contribution in [0.2, 0.25) is 0 Å².